The number of nitrogens with one attached hydrogen (secondary N) is 1. The molecule has 19 heavy (non-hydrogen) atoms. The van der Waals surface area contributed by atoms with Gasteiger partial charge in [-0.15, -0.1) is 0 Å². The van der Waals surface area contributed by atoms with Gasteiger partial charge in [-0.25, -0.2) is 4.79 Å². The second kappa shape index (κ2) is 7.78. The van der Waals surface area contributed by atoms with Crippen LogP contribution in [0.2, 0.25) is 0 Å². The van der Waals surface area contributed by atoms with Crippen LogP contribution in [0.15, 0.2) is 24.3 Å². The van der Waals surface area contributed by atoms with E-state index in [1.165, 1.54) is 7.11 Å². The summed E-state index contributed by atoms with van der Waals surface area (Å²) in [6.07, 6.45) is 0. The van der Waals surface area contributed by atoms with E-state index in [-0.39, 0.29) is 5.91 Å². The molecule has 0 aliphatic carbocycles. The summed E-state index contributed by atoms with van der Waals surface area (Å²) in [7, 11) is 1.28. The average Bonchev–Trinajstić information content (AvgIpc) is 2.44. The number of rotatable bonds is 6. The molecule has 6 heteroatoms. The van der Waals surface area contributed by atoms with Crippen molar-refractivity contribution in [3.05, 3.63) is 29.8 Å². The molecule has 0 heterocycles. The predicted molar refractivity (Wildman–Crippen MR) is 74.7 cm³/mol. The van der Waals surface area contributed by atoms with Gasteiger partial charge in [-0.3, -0.25) is 4.79 Å². The number of para-hydroxylation sites is 1. The molecular formula is C13H16BrNO4. The quantitative estimate of drug-likeness (QED) is 0.638. The maximum atomic E-state index is 12.0. The molecule has 1 unspecified atom stereocenters. The van der Waals surface area contributed by atoms with Crippen LogP contribution in [0.4, 0.5) is 0 Å². The molecule has 1 aromatic rings. The largest absolute Gasteiger partial charge is 0.492 e. The number of esters is 1. The first-order chi connectivity index (χ1) is 9.10. The zero-order valence-corrected chi connectivity index (χ0v) is 12.4. The van der Waals surface area contributed by atoms with Crippen LogP contribution in [0, 0.1) is 0 Å². The molecule has 5 nitrogen and oxygen atoms in total. The lowest BCUT2D eigenvalue weighted by atomic mass is 10.1. The van der Waals surface area contributed by atoms with E-state index in [2.05, 4.69) is 26.0 Å². The fourth-order valence-electron chi connectivity index (χ4n) is 1.44. The Hall–Kier alpha value is -1.56. The van der Waals surface area contributed by atoms with Crippen LogP contribution in [0.5, 0.6) is 5.75 Å². The minimum absolute atomic E-state index is 0.372. The molecule has 1 amide bonds. The van der Waals surface area contributed by atoms with Crippen molar-refractivity contribution in [1.29, 1.82) is 0 Å². The first kappa shape index (κ1) is 15.5. The van der Waals surface area contributed by atoms with Gasteiger partial charge >= 0.3 is 5.97 Å². The van der Waals surface area contributed by atoms with Crippen LogP contribution in [0.25, 0.3) is 0 Å². The highest BCUT2D eigenvalue weighted by atomic mass is 79.9. The minimum Gasteiger partial charge on any atom is -0.492 e. The number of hydrogen-bond donors (Lipinski definition) is 1. The van der Waals surface area contributed by atoms with Crippen LogP contribution in [0.3, 0.4) is 0 Å². The van der Waals surface area contributed by atoms with E-state index in [1.807, 2.05) is 0 Å². The highest BCUT2D eigenvalue weighted by molar-refractivity contribution is 9.09. The van der Waals surface area contributed by atoms with Gasteiger partial charge in [-0.05, 0) is 19.1 Å². The Kier molecular flexibility index (Phi) is 6.35. The van der Waals surface area contributed by atoms with E-state index in [4.69, 9.17) is 4.74 Å². The summed E-state index contributed by atoms with van der Waals surface area (Å²) in [5.41, 5.74) is 0.388. The summed E-state index contributed by atoms with van der Waals surface area (Å²) in [4.78, 5) is 23.3. The molecule has 0 aliphatic heterocycles. The number of methoxy groups -OCH3 is 1. The number of amides is 1. The highest BCUT2D eigenvalue weighted by Crippen LogP contribution is 2.18. The molecule has 1 N–H and O–H groups in total. The molecule has 0 aliphatic rings. The summed E-state index contributed by atoms with van der Waals surface area (Å²) in [5, 5.41) is 3.23. The minimum atomic E-state index is -0.707. The van der Waals surface area contributed by atoms with Crippen LogP contribution in [-0.4, -0.2) is 37.0 Å². The van der Waals surface area contributed by atoms with E-state index in [1.54, 1.807) is 31.2 Å². The third kappa shape index (κ3) is 4.55. The standard InChI is InChI=1S/C13H16BrNO4/c1-9(13(17)18-2)15-12(16)10-5-3-4-6-11(10)19-8-7-14/h3-6,9H,7-8H2,1-2H3,(H,15,16). The van der Waals surface area contributed by atoms with Crippen molar-refractivity contribution in [2.45, 2.75) is 13.0 Å². The Morgan fingerprint density at radius 1 is 1.37 bits per heavy atom. The smallest absolute Gasteiger partial charge is 0.328 e. The van der Waals surface area contributed by atoms with Crippen molar-refractivity contribution < 1.29 is 19.1 Å². The van der Waals surface area contributed by atoms with Gasteiger partial charge in [-0.1, -0.05) is 28.1 Å². The maximum absolute atomic E-state index is 12.0. The van der Waals surface area contributed by atoms with Crippen LogP contribution in [0.1, 0.15) is 17.3 Å². The highest BCUT2D eigenvalue weighted by Gasteiger charge is 2.19. The summed E-state index contributed by atoms with van der Waals surface area (Å²) in [5.74, 6) is -0.383. The Balaban J connectivity index is 2.78. The van der Waals surface area contributed by atoms with E-state index in [9.17, 15) is 9.59 Å². The number of benzene rings is 1. The third-order valence-corrected chi connectivity index (χ3v) is 2.69. The van der Waals surface area contributed by atoms with Gasteiger partial charge in [0, 0.05) is 5.33 Å². The number of alkyl halides is 1. The molecule has 0 bridgehead atoms. The van der Waals surface area contributed by atoms with Crippen molar-refractivity contribution in [2.75, 3.05) is 19.0 Å². The zero-order chi connectivity index (χ0) is 14.3. The normalized spacial score (nSPS) is 11.5. The topological polar surface area (TPSA) is 64.6 Å². The monoisotopic (exact) mass is 329 g/mol. The van der Waals surface area contributed by atoms with Crippen LogP contribution in [-0.2, 0) is 9.53 Å². The van der Waals surface area contributed by atoms with Gasteiger partial charge in [0.15, 0.2) is 0 Å². The summed E-state index contributed by atoms with van der Waals surface area (Å²) < 4.78 is 10.0. The fraction of sp³-hybridized carbons (Fsp3) is 0.385. The summed E-state index contributed by atoms with van der Waals surface area (Å²) >= 11 is 3.25. The molecule has 1 aromatic carbocycles. The molecule has 0 radical (unpaired) electrons. The molecule has 0 aromatic heterocycles. The Labute approximate surface area is 120 Å². The number of ether oxygens (including phenoxy) is 2. The second-order valence-electron chi connectivity index (χ2n) is 3.75. The van der Waals surface area contributed by atoms with E-state index in [0.717, 1.165) is 0 Å². The van der Waals surface area contributed by atoms with E-state index < -0.39 is 12.0 Å². The molecule has 0 saturated carbocycles. The van der Waals surface area contributed by atoms with E-state index >= 15 is 0 Å². The summed E-state index contributed by atoms with van der Waals surface area (Å²) in [6, 6.07) is 6.16. The molecule has 0 fully saturated rings. The molecule has 104 valence electrons. The summed E-state index contributed by atoms with van der Waals surface area (Å²) in [6.45, 7) is 2.02. The van der Waals surface area contributed by atoms with Crippen molar-refractivity contribution in [3.63, 3.8) is 0 Å². The SMILES string of the molecule is COC(=O)C(C)NC(=O)c1ccccc1OCCBr. The predicted octanol–water partition coefficient (Wildman–Crippen LogP) is 1.75. The Morgan fingerprint density at radius 2 is 2.05 bits per heavy atom. The molecule has 1 rings (SSSR count). The number of halogens is 1. The fourth-order valence-corrected chi connectivity index (χ4v) is 1.60. The van der Waals surface area contributed by atoms with Gasteiger partial charge in [0.1, 0.15) is 11.8 Å². The van der Waals surface area contributed by atoms with Gasteiger partial charge in [0.2, 0.25) is 0 Å². The second-order valence-corrected chi connectivity index (χ2v) is 4.54. The zero-order valence-electron chi connectivity index (χ0n) is 10.8. The number of carbonyl (C=O) groups is 2. The lowest BCUT2D eigenvalue weighted by Gasteiger charge is -2.14. The van der Waals surface area contributed by atoms with Crippen molar-refractivity contribution in [3.8, 4) is 5.75 Å². The lowest BCUT2D eigenvalue weighted by molar-refractivity contribution is -0.142. The van der Waals surface area contributed by atoms with Crippen molar-refractivity contribution >= 4 is 27.8 Å². The Morgan fingerprint density at radius 3 is 2.68 bits per heavy atom. The van der Waals surface area contributed by atoms with Crippen molar-refractivity contribution in [1.82, 2.24) is 5.32 Å². The van der Waals surface area contributed by atoms with Gasteiger partial charge in [0.25, 0.3) is 5.91 Å². The van der Waals surface area contributed by atoms with E-state index in [0.29, 0.717) is 23.2 Å². The maximum Gasteiger partial charge on any atom is 0.328 e. The molecular weight excluding hydrogens is 314 g/mol. The average molecular weight is 330 g/mol. The van der Waals surface area contributed by atoms with Crippen molar-refractivity contribution in [2.24, 2.45) is 0 Å². The molecule has 0 spiro atoms. The Bertz CT molecular complexity index is 450. The first-order valence-corrected chi connectivity index (χ1v) is 6.88. The molecule has 0 saturated heterocycles. The first-order valence-electron chi connectivity index (χ1n) is 5.76. The van der Waals surface area contributed by atoms with Crippen LogP contribution < -0.4 is 10.1 Å². The molecule has 1 atom stereocenters. The lowest BCUT2D eigenvalue weighted by Crippen LogP contribution is -2.39. The van der Waals surface area contributed by atoms with Crippen LogP contribution >= 0.6 is 15.9 Å². The van der Waals surface area contributed by atoms with Gasteiger partial charge in [-0.2, -0.15) is 0 Å². The number of carbonyl (C=O) groups excluding carboxylic acids is 2. The van der Waals surface area contributed by atoms with Gasteiger partial charge in [0.05, 0.1) is 19.3 Å². The van der Waals surface area contributed by atoms with Gasteiger partial charge < -0.3 is 14.8 Å². The number of hydrogen-bond acceptors (Lipinski definition) is 4. The third-order valence-electron chi connectivity index (χ3n) is 2.37.